The zero-order valence-electron chi connectivity index (χ0n) is 59.6. The van der Waals surface area contributed by atoms with E-state index in [0.717, 1.165) is 102 Å². The molecular formula is C102H76N6. The van der Waals surface area contributed by atoms with E-state index in [1.807, 2.05) is 0 Å². The van der Waals surface area contributed by atoms with Gasteiger partial charge in [0.05, 0.1) is 0 Å². The molecule has 0 N–H and O–H groups in total. The van der Waals surface area contributed by atoms with Crippen LogP contribution in [0.4, 0.5) is 102 Å². The Morgan fingerprint density at radius 1 is 0.0741 bits per heavy atom. The lowest BCUT2D eigenvalue weighted by atomic mass is 10.00. The molecular weight excluding hydrogens is 1310 g/mol. The van der Waals surface area contributed by atoms with Crippen LogP contribution < -0.4 is 29.4 Å². The first-order valence-electron chi connectivity index (χ1n) is 36.7. The molecule has 0 heterocycles. The Kier molecular flexibility index (Phi) is 19.3. The molecule has 0 unspecified atom stereocenters. The molecule has 0 bridgehead atoms. The van der Waals surface area contributed by atoms with Crippen molar-refractivity contribution < 1.29 is 0 Å². The maximum absolute atomic E-state index is 2.33. The minimum absolute atomic E-state index is 1.03. The molecule has 0 aliphatic heterocycles. The average molecular weight is 1390 g/mol. The van der Waals surface area contributed by atoms with Gasteiger partial charge >= 0.3 is 0 Å². The monoisotopic (exact) mass is 1380 g/mol. The van der Waals surface area contributed by atoms with Gasteiger partial charge in [-0.15, -0.1) is 0 Å². The number of para-hydroxylation sites is 6. The third-order valence-electron chi connectivity index (χ3n) is 19.8. The molecule has 17 aromatic rings. The van der Waals surface area contributed by atoms with Gasteiger partial charge in [0.1, 0.15) is 0 Å². The van der Waals surface area contributed by atoms with Gasteiger partial charge in [-0.1, -0.05) is 243 Å². The van der Waals surface area contributed by atoms with Gasteiger partial charge in [-0.2, -0.15) is 0 Å². The van der Waals surface area contributed by atoms with Gasteiger partial charge in [0.25, 0.3) is 0 Å². The molecule has 0 aliphatic carbocycles. The largest absolute Gasteiger partial charge is 0.311 e. The second kappa shape index (κ2) is 31.2. The first kappa shape index (κ1) is 66.8. The number of rotatable bonds is 22. The fraction of sp³-hybridized carbons (Fsp3) is 0. The number of hydrogen-bond donors (Lipinski definition) is 0. The van der Waals surface area contributed by atoms with E-state index in [9.17, 15) is 0 Å². The van der Waals surface area contributed by atoms with Crippen molar-refractivity contribution in [1.82, 2.24) is 0 Å². The molecule has 0 saturated heterocycles. The maximum Gasteiger partial charge on any atom is 0.0463 e. The highest BCUT2D eigenvalue weighted by Crippen LogP contribution is 2.46. The molecule has 0 aliphatic rings. The lowest BCUT2D eigenvalue weighted by molar-refractivity contribution is 1.23. The van der Waals surface area contributed by atoms with E-state index in [1.54, 1.807) is 0 Å². The van der Waals surface area contributed by atoms with Crippen LogP contribution >= 0.6 is 0 Å². The Bertz CT molecular complexity index is 5330. The zero-order chi connectivity index (χ0) is 72.2. The zero-order valence-corrected chi connectivity index (χ0v) is 59.6. The Hall–Kier alpha value is -14.5. The molecule has 17 aromatic carbocycles. The Morgan fingerprint density at radius 2 is 0.157 bits per heavy atom. The number of nitrogens with zero attached hydrogens (tertiary/aromatic N) is 6. The van der Waals surface area contributed by atoms with Crippen LogP contribution in [0.1, 0.15) is 0 Å². The summed E-state index contributed by atoms with van der Waals surface area (Å²) in [5.74, 6) is 0. The normalized spacial score (nSPS) is 11.0. The van der Waals surface area contributed by atoms with E-state index in [4.69, 9.17) is 0 Å². The minimum Gasteiger partial charge on any atom is -0.311 e. The third-order valence-corrected chi connectivity index (χ3v) is 19.8. The molecule has 0 saturated carbocycles. The molecule has 0 amide bonds. The van der Waals surface area contributed by atoms with Crippen molar-refractivity contribution in [1.29, 1.82) is 0 Å². The van der Waals surface area contributed by atoms with Crippen molar-refractivity contribution in [3.8, 4) is 44.5 Å². The van der Waals surface area contributed by atoms with E-state index in [2.05, 4.69) is 490 Å². The molecule has 0 fully saturated rings. The average Bonchev–Trinajstić information content (AvgIpc) is 0.788. The Balaban J connectivity index is 0.638. The van der Waals surface area contributed by atoms with Crippen LogP contribution in [0.2, 0.25) is 0 Å². The lowest BCUT2D eigenvalue weighted by Crippen LogP contribution is -2.14. The summed E-state index contributed by atoms with van der Waals surface area (Å²) in [6.07, 6.45) is 0. The first-order valence-corrected chi connectivity index (χ1v) is 36.7. The molecule has 17 rings (SSSR count). The number of hydrogen-bond acceptors (Lipinski definition) is 6. The maximum atomic E-state index is 2.33. The Labute approximate surface area is 633 Å². The lowest BCUT2D eigenvalue weighted by Gasteiger charge is -2.30. The standard InChI is InChI=1S/C102H76N6/c1-9-25-77(26-10-1)79-41-45-81(46-42-79)83-49-53-91(54-50-83)103(85-29-13-3-14-30-85)93-57-61-95(62-58-93)105(87-33-17-5-18-34-87)97-65-69-99(70-66-97)107(89-37-21-7-22-38-89)101-73-75-102(76-74-101)108(90-39-23-8-24-40-90)100-71-67-98(68-72-100)106(88-35-19-6-20-36-88)96-63-59-94(60-64-96)104(86-31-15-4-16-32-86)92-55-51-84(52-56-92)82-47-43-80(44-48-82)78-27-11-2-12-28-78/h1-76H. The Morgan fingerprint density at radius 3 is 0.287 bits per heavy atom. The van der Waals surface area contributed by atoms with Crippen LogP contribution in [0.5, 0.6) is 0 Å². The van der Waals surface area contributed by atoms with Crippen LogP contribution in [-0.4, -0.2) is 0 Å². The highest BCUT2D eigenvalue weighted by Gasteiger charge is 2.22. The summed E-state index contributed by atoms with van der Waals surface area (Å²) in [6.45, 7) is 0. The van der Waals surface area contributed by atoms with E-state index in [0.29, 0.717) is 0 Å². The van der Waals surface area contributed by atoms with Gasteiger partial charge in [0.2, 0.25) is 0 Å². The van der Waals surface area contributed by atoms with Gasteiger partial charge in [0.15, 0.2) is 0 Å². The predicted molar refractivity (Wildman–Crippen MR) is 456 cm³/mol. The second-order valence-electron chi connectivity index (χ2n) is 26.6. The minimum atomic E-state index is 1.03. The van der Waals surface area contributed by atoms with Crippen LogP contribution in [0, 0.1) is 0 Å². The van der Waals surface area contributed by atoms with E-state index in [-0.39, 0.29) is 0 Å². The summed E-state index contributed by atoms with van der Waals surface area (Å²) in [4.78, 5) is 14.0. The van der Waals surface area contributed by atoms with Gasteiger partial charge in [-0.25, -0.2) is 0 Å². The summed E-state index contributed by atoms with van der Waals surface area (Å²) >= 11 is 0. The predicted octanol–water partition coefficient (Wildman–Crippen LogP) is 29.2. The fourth-order valence-electron chi connectivity index (χ4n) is 14.5. The quantitative estimate of drug-likeness (QED) is 0.0669. The van der Waals surface area contributed by atoms with Crippen molar-refractivity contribution in [2.24, 2.45) is 0 Å². The van der Waals surface area contributed by atoms with E-state index < -0.39 is 0 Å². The summed E-state index contributed by atoms with van der Waals surface area (Å²) in [6, 6.07) is 165. The van der Waals surface area contributed by atoms with Gasteiger partial charge in [-0.3, -0.25) is 0 Å². The van der Waals surface area contributed by atoms with Crippen LogP contribution in [0.25, 0.3) is 44.5 Å². The molecule has 0 radical (unpaired) electrons. The van der Waals surface area contributed by atoms with Crippen molar-refractivity contribution >= 4 is 102 Å². The molecule has 6 nitrogen and oxygen atoms in total. The van der Waals surface area contributed by atoms with Crippen molar-refractivity contribution in [3.05, 3.63) is 461 Å². The van der Waals surface area contributed by atoms with Gasteiger partial charge < -0.3 is 29.4 Å². The summed E-state index contributed by atoms with van der Waals surface area (Å²) in [7, 11) is 0. The van der Waals surface area contributed by atoms with E-state index >= 15 is 0 Å². The molecule has 0 spiro atoms. The molecule has 514 valence electrons. The fourth-order valence-corrected chi connectivity index (χ4v) is 14.5. The summed E-state index contributed by atoms with van der Waals surface area (Å²) < 4.78 is 0. The molecule has 6 heteroatoms. The second-order valence-corrected chi connectivity index (χ2v) is 26.6. The van der Waals surface area contributed by atoms with Gasteiger partial charge in [0, 0.05) is 102 Å². The molecule has 0 aromatic heterocycles. The highest BCUT2D eigenvalue weighted by molar-refractivity contribution is 5.88. The number of benzene rings is 17. The summed E-state index contributed by atoms with van der Waals surface area (Å²) in [5.41, 5.74) is 28.4. The van der Waals surface area contributed by atoms with Crippen molar-refractivity contribution in [3.63, 3.8) is 0 Å². The van der Waals surface area contributed by atoms with Crippen LogP contribution in [0.15, 0.2) is 461 Å². The highest BCUT2D eigenvalue weighted by atomic mass is 15.2. The smallest absolute Gasteiger partial charge is 0.0463 e. The molecule has 108 heavy (non-hydrogen) atoms. The topological polar surface area (TPSA) is 19.4 Å². The summed E-state index contributed by atoms with van der Waals surface area (Å²) in [5, 5.41) is 0. The van der Waals surface area contributed by atoms with Crippen molar-refractivity contribution in [2.45, 2.75) is 0 Å². The van der Waals surface area contributed by atoms with Crippen LogP contribution in [-0.2, 0) is 0 Å². The third kappa shape index (κ3) is 14.5. The SMILES string of the molecule is c1ccc(-c2ccc(-c3ccc(N(c4ccccc4)c4ccc(N(c5ccccc5)c5ccc(N(c6ccccc6)c6ccc(N(c7ccccc7)c7ccc(N(c8ccccc8)c8ccc(N(c9ccccc9)c9ccc(-c%10ccc(-c%11ccccc%11)cc%10)cc9)cc8)cc7)cc6)cc5)cc4)cc3)cc2)cc1. The van der Waals surface area contributed by atoms with Crippen molar-refractivity contribution in [2.75, 3.05) is 29.4 Å². The van der Waals surface area contributed by atoms with Crippen LogP contribution in [0.3, 0.4) is 0 Å². The molecule has 0 atom stereocenters. The first-order chi connectivity index (χ1) is 53.6. The van der Waals surface area contributed by atoms with Gasteiger partial charge in [-0.05, 0) is 263 Å². The number of anilines is 18. The van der Waals surface area contributed by atoms with E-state index in [1.165, 1.54) is 44.5 Å².